The van der Waals surface area contributed by atoms with E-state index >= 15 is 0 Å². The van der Waals surface area contributed by atoms with Gasteiger partial charge in [0.15, 0.2) is 0 Å². The quantitative estimate of drug-likeness (QED) is 0.553. The number of fused-ring (bicyclic) bond motifs is 2. The van der Waals surface area contributed by atoms with Crippen molar-refractivity contribution >= 4 is 34.4 Å². The molecule has 178 valence electrons. The molecule has 4 heterocycles. The summed E-state index contributed by atoms with van der Waals surface area (Å²) in [5.74, 6) is -1.42. The van der Waals surface area contributed by atoms with Crippen molar-refractivity contribution < 1.29 is 18.8 Å². The van der Waals surface area contributed by atoms with Crippen molar-refractivity contribution in [3.8, 4) is 0 Å². The van der Waals surface area contributed by atoms with Crippen LogP contribution in [0.4, 0.5) is 5.69 Å². The SMILES string of the molecule is CC1(C)CCN2CCC(C)(C)c3c2c1cc1cc(C(=O)NCCN2C(=O)C=CC2=O)c(=O)oc31. The van der Waals surface area contributed by atoms with Crippen LogP contribution in [0.3, 0.4) is 0 Å². The van der Waals surface area contributed by atoms with Crippen LogP contribution in [0.1, 0.15) is 62.0 Å². The Balaban J connectivity index is 1.52. The molecular formula is C26H29N3O5. The van der Waals surface area contributed by atoms with Gasteiger partial charge in [-0.2, -0.15) is 0 Å². The number of nitrogens with one attached hydrogen (secondary N) is 1. The lowest BCUT2D eigenvalue weighted by molar-refractivity contribution is -0.136. The maximum atomic E-state index is 12.9. The fraction of sp³-hybridized carbons (Fsp3) is 0.462. The van der Waals surface area contributed by atoms with E-state index in [1.165, 1.54) is 23.4 Å². The largest absolute Gasteiger partial charge is 0.422 e. The molecule has 0 saturated carbocycles. The van der Waals surface area contributed by atoms with E-state index in [-0.39, 0.29) is 29.5 Å². The van der Waals surface area contributed by atoms with E-state index in [4.69, 9.17) is 4.42 Å². The summed E-state index contributed by atoms with van der Waals surface area (Å²) in [6.07, 6.45) is 4.37. The molecule has 0 fully saturated rings. The first-order valence-electron chi connectivity index (χ1n) is 11.7. The van der Waals surface area contributed by atoms with Gasteiger partial charge >= 0.3 is 5.63 Å². The first-order chi connectivity index (χ1) is 16.0. The lowest BCUT2D eigenvalue weighted by Gasteiger charge is -2.48. The number of rotatable bonds is 4. The molecule has 0 saturated heterocycles. The molecule has 34 heavy (non-hydrogen) atoms. The standard InChI is InChI=1S/C26H29N3O5/c1-25(2)7-10-28-11-8-26(3,4)20-21(28)17(25)14-15-13-16(24(33)34-22(15)20)23(32)27-9-12-29-18(30)5-6-19(29)31/h5-6,13-14H,7-12H2,1-4H3,(H,27,32). The van der Waals surface area contributed by atoms with Gasteiger partial charge in [0.2, 0.25) is 0 Å². The van der Waals surface area contributed by atoms with Crippen molar-refractivity contribution in [2.24, 2.45) is 0 Å². The molecule has 5 rings (SSSR count). The molecule has 8 heteroatoms. The van der Waals surface area contributed by atoms with E-state index in [1.54, 1.807) is 6.07 Å². The molecule has 1 N–H and O–H groups in total. The molecule has 3 amide bonds. The molecule has 3 aliphatic rings. The molecule has 0 radical (unpaired) electrons. The molecule has 0 unspecified atom stereocenters. The smallest absolute Gasteiger partial charge is 0.349 e. The Morgan fingerprint density at radius 3 is 2.32 bits per heavy atom. The van der Waals surface area contributed by atoms with Crippen LogP contribution in [0.15, 0.2) is 33.5 Å². The lowest BCUT2D eigenvalue weighted by Crippen LogP contribution is -2.44. The third-order valence-electron chi connectivity index (χ3n) is 7.50. The number of imide groups is 1. The average Bonchev–Trinajstić information content (AvgIpc) is 3.08. The minimum Gasteiger partial charge on any atom is -0.422 e. The fourth-order valence-corrected chi connectivity index (χ4v) is 5.34. The molecule has 8 nitrogen and oxygen atoms in total. The van der Waals surface area contributed by atoms with Crippen LogP contribution < -0.4 is 15.8 Å². The Bertz CT molecular complexity index is 1310. The summed E-state index contributed by atoms with van der Waals surface area (Å²) >= 11 is 0. The first kappa shape index (κ1) is 22.4. The maximum Gasteiger partial charge on any atom is 0.349 e. The maximum absolute atomic E-state index is 12.9. The lowest BCUT2D eigenvalue weighted by atomic mass is 9.69. The van der Waals surface area contributed by atoms with E-state index < -0.39 is 23.3 Å². The molecule has 0 bridgehead atoms. The highest BCUT2D eigenvalue weighted by molar-refractivity contribution is 6.12. The van der Waals surface area contributed by atoms with Crippen molar-refractivity contribution in [2.75, 3.05) is 31.1 Å². The van der Waals surface area contributed by atoms with Gasteiger partial charge < -0.3 is 14.6 Å². The Morgan fingerprint density at radius 1 is 1.00 bits per heavy atom. The molecule has 0 aliphatic carbocycles. The second kappa shape index (κ2) is 7.55. The highest BCUT2D eigenvalue weighted by Crippen LogP contribution is 2.51. The van der Waals surface area contributed by atoms with E-state index in [0.29, 0.717) is 5.58 Å². The molecular weight excluding hydrogens is 434 g/mol. The van der Waals surface area contributed by atoms with Crippen molar-refractivity contribution in [3.05, 3.63) is 51.4 Å². The molecule has 2 aromatic rings. The topological polar surface area (TPSA) is 99.9 Å². The van der Waals surface area contributed by atoms with Gasteiger partial charge in [0.1, 0.15) is 11.1 Å². The van der Waals surface area contributed by atoms with Crippen LogP contribution in [0.2, 0.25) is 0 Å². The summed E-state index contributed by atoms with van der Waals surface area (Å²) in [7, 11) is 0. The Labute approximate surface area is 197 Å². The summed E-state index contributed by atoms with van der Waals surface area (Å²) in [6, 6.07) is 3.68. The number of hydrogen-bond donors (Lipinski definition) is 1. The predicted molar refractivity (Wildman–Crippen MR) is 128 cm³/mol. The minimum absolute atomic E-state index is 0.0329. The van der Waals surface area contributed by atoms with E-state index in [0.717, 1.165) is 41.8 Å². The summed E-state index contributed by atoms with van der Waals surface area (Å²) in [6.45, 7) is 10.8. The molecule has 1 aromatic heterocycles. The van der Waals surface area contributed by atoms with E-state index in [9.17, 15) is 19.2 Å². The highest BCUT2D eigenvalue weighted by atomic mass is 16.4. The van der Waals surface area contributed by atoms with Crippen LogP contribution in [0, 0.1) is 0 Å². The van der Waals surface area contributed by atoms with Crippen molar-refractivity contribution in [2.45, 2.75) is 51.4 Å². The van der Waals surface area contributed by atoms with Gasteiger partial charge in [-0.1, -0.05) is 27.7 Å². The zero-order valence-corrected chi connectivity index (χ0v) is 20.0. The third kappa shape index (κ3) is 3.43. The average molecular weight is 464 g/mol. The van der Waals surface area contributed by atoms with Gasteiger partial charge in [-0.15, -0.1) is 0 Å². The van der Waals surface area contributed by atoms with Crippen molar-refractivity contribution in [3.63, 3.8) is 0 Å². The second-order valence-corrected chi connectivity index (χ2v) is 10.7. The van der Waals surface area contributed by atoms with E-state index in [1.807, 2.05) is 0 Å². The molecule has 0 spiro atoms. The van der Waals surface area contributed by atoms with E-state index in [2.05, 4.69) is 44.0 Å². The number of benzene rings is 1. The number of hydrogen-bond acceptors (Lipinski definition) is 6. The summed E-state index contributed by atoms with van der Waals surface area (Å²) < 4.78 is 5.83. The molecule has 1 aromatic carbocycles. The zero-order valence-electron chi connectivity index (χ0n) is 20.0. The van der Waals surface area contributed by atoms with Crippen molar-refractivity contribution in [1.82, 2.24) is 10.2 Å². The fourth-order valence-electron chi connectivity index (χ4n) is 5.34. The molecule has 0 atom stereocenters. The van der Waals surface area contributed by atoms with Gasteiger partial charge in [-0.3, -0.25) is 19.3 Å². The zero-order chi connectivity index (χ0) is 24.4. The summed E-state index contributed by atoms with van der Waals surface area (Å²) in [5.41, 5.74) is 2.99. The summed E-state index contributed by atoms with van der Waals surface area (Å²) in [4.78, 5) is 52.5. The Hall–Kier alpha value is -3.42. The van der Waals surface area contributed by atoms with Crippen LogP contribution in [0.5, 0.6) is 0 Å². The third-order valence-corrected chi connectivity index (χ3v) is 7.50. The Kier molecular flexibility index (Phi) is 4.97. The normalized spacial score (nSPS) is 20.1. The van der Waals surface area contributed by atoms with Crippen molar-refractivity contribution in [1.29, 1.82) is 0 Å². The van der Waals surface area contributed by atoms with Crippen LogP contribution in [-0.2, 0) is 20.4 Å². The predicted octanol–water partition coefficient (Wildman–Crippen LogP) is 2.62. The van der Waals surface area contributed by atoms with Gasteiger partial charge in [-0.05, 0) is 41.4 Å². The van der Waals surface area contributed by atoms with Gasteiger partial charge in [0, 0.05) is 55.0 Å². The summed E-state index contributed by atoms with van der Waals surface area (Å²) in [5, 5.41) is 3.37. The van der Waals surface area contributed by atoms with Crippen LogP contribution in [0.25, 0.3) is 11.0 Å². The van der Waals surface area contributed by atoms with Crippen LogP contribution in [-0.4, -0.2) is 48.8 Å². The number of carbonyl (C=O) groups excluding carboxylic acids is 3. The number of amides is 3. The van der Waals surface area contributed by atoms with Gasteiger partial charge in [-0.25, -0.2) is 4.79 Å². The van der Waals surface area contributed by atoms with Gasteiger partial charge in [0.25, 0.3) is 17.7 Å². The van der Waals surface area contributed by atoms with Crippen LogP contribution >= 0.6 is 0 Å². The molecule has 3 aliphatic heterocycles. The minimum atomic E-state index is -0.695. The number of anilines is 1. The monoisotopic (exact) mass is 463 g/mol. The number of carbonyl (C=O) groups is 3. The van der Waals surface area contributed by atoms with Gasteiger partial charge in [0.05, 0.1) is 0 Å². The second-order valence-electron chi connectivity index (χ2n) is 10.7. The first-order valence-corrected chi connectivity index (χ1v) is 11.7. The Morgan fingerprint density at radius 2 is 1.65 bits per heavy atom. The highest BCUT2D eigenvalue weighted by Gasteiger charge is 2.42. The number of nitrogens with zero attached hydrogens (tertiary/aromatic N) is 2.